The molecule has 1 heterocycles. The van der Waals surface area contributed by atoms with E-state index in [9.17, 15) is 20.1 Å². The number of carbonyl (C=O) groups excluding carboxylic acids is 1. The number of likely N-dealkylation sites (tertiary alicyclic amines) is 1. The molecule has 1 aliphatic heterocycles. The Labute approximate surface area is 200 Å². The van der Waals surface area contributed by atoms with Crippen molar-refractivity contribution in [2.45, 2.75) is 61.9 Å². The molecule has 0 aromatic heterocycles. The van der Waals surface area contributed by atoms with Crippen LogP contribution in [0.4, 0.5) is 0 Å². The average Bonchev–Trinajstić information content (AvgIpc) is 3.13. The Hall–Kier alpha value is -0.650. The smallest absolute Gasteiger partial charge is 0.168 e. The number of fused-ring (bicyclic) bond motifs is 2. The third-order valence-corrected chi connectivity index (χ3v) is 11.3. The Morgan fingerprint density at radius 1 is 1.09 bits per heavy atom. The summed E-state index contributed by atoms with van der Waals surface area (Å²) in [4.78, 5) is 16.4. The Morgan fingerprint density at radius 2 is 1.82 bits per heavy atom. The zero-order valence-corrected chi connectivity index (χ0v) is 20.7. The number of methoxy groups -OCH3 is 4. The molecule has 6 rings (SSSR count). The van der Waals surface area contributed by atoms with Crippen molar-refractivity contribution in [3.05, 3.63) is 0 Å². The fraction of sp³-hybridized carbons (Fsp3) is 0.960. The van der Waals surface area contributed by atoms with Crippen LogP contribution < -0.4 is 0 Å². The molecule has 0 amide bonds. The summed E-state index contributed by atoms with van der Waals surface area (Å²) >= 11 is 0. The molecule has 192 valence electrons. The molecule has 6 aliphatic rings. The molecular formula is C25H39NO8. The first-order chi connectivity index (χ1) is 16.2. The molecule has 3 N–H and O–H groups in total. The van der Waals surface area contributed by atoms with Crippen LogP contribution in [0.25, 0.3) is 0 Å². The summed E-state index contributed by atoms with van der Waals surface area (Å²) in [7, 11) is 6.50. The number of carbonyl (C=O) groups is 1. The molecule has 14 atom stereocenters. The fourth-order valence-electron chi connectivity index (χ4n) is 10.8. The summed E-state index contributed by atoms with van der Waals surface area (Å²) in [6.45, 7) is 3.89. The van der Waals surface area contributed by atoms with E-state index in [1.54, 1.807) is 21.3 Å². The zero-order chi connectivity index (χ0) is 24.4. The van der Waals surface area contributed by atoms with Gasteiger partial charge in [-0.1, -0.05) is 6.92 Å². The molecule has 7 bridgehead atoms. The second-order valence-electron chi connectivity index (χ2n) is 11.8. The molecule has 6 fully saturated rings. The lowest BCUT2D eigenvalue weighted by Crippen LogP contribution is -2.77. The van der Waals surface area contributed by atoms with Crippen LogP contribution in [0.1, 0.15) is 19.8 Å². The standard InChI is InChI=1S/C25H39NO8/c1-6-26-9-23(10-31-2)12(27)7-13(32-3)25-11-8-24(30)21(29)14(11)15(17(28)22(24)34-5)16(20(25)26)18(33-4)19(23)25/h11-16,18-22,27,29-30H,6-10H2,1-5H3/t11-,12-,13+,14+,15?,16+,18+,19-,20?,21-,22+,23+,24-,25+/m1/s1. The Kier molecular flexibility index (Phi) is 5.20. The Bertz CT molecular complexity index is 872. The van der Waals surface area contributed by atoms with Crippen LogP contribution in [0, 0.1) is 40.4 Å². The minimum atomic E-state index is -1.62. The molecule has 0 aromatic carbocycles. The van der Waals surface area contributed by atoms with Crippen molar-refractivity contribution >= 4 is 5.78 Å². The van der Waals surface area contributed by atoms with Crippen molar-refractivity contribution < 1.29 is 39.1 Å². The maximum atomic E-state index is 13.9. The van der Waals surface area contributed by atoms with E-state index in [1.807, 2.05) is 0 Å². The van der Waals surface area contributed by atoms with Crippen LogP contribution >= 0.6 is 0 Å². The highest BCUT2D eigenvalue weighted by Crippen LogP contribution is 2.78. The first-order valence-electron chi connectivity index (χ1n) is 12.7. The highest BCUT2D eigenvalue weighted by molar-refractivity contribution is 5.90. The van der Waals surface area contributed by atoms with E-state index in [2.05, 4.69) is 11.8 Å². The number of hydrogen-bond donors (Lipinski definition) is 3. The van der Waals surface area contributed by atoms with Gasteiger partial charge in [-0.3, -0.25) is 9.69 Å². The first-order valence-corrected chi connectivity index (χ1v) is 12.7. The number of aliphatic hydroxyl groups is 3. The molecule has 2 unspecified atom stereocenters. The van der Waals surface area contributed by atoms with Crippen LogP contribution in [-0.4, -0.2) is 116 Å². The Balaban J connectivity index is 1.66. The number of ether oxygens (including phenoxy) is 4. The normalized spacial score (nSPS) is 59.5. The fourth-order valence-corrected chi connectivity index (χ4v) is 10.8. The van der Waals surface area contributed by atoms with Gasteiger partial charge >= 0.3 is 0 Å². The van der Waals surface area contributed by atoms with Crippen LogP contribution in [-0.2, 0) is 23.7 Å². The summed E-state index contributed by atoms with van der Waals surface area (Å²) in [6, 6.07) is -0.0183. The lowest BCUT2D eigenvalue weighted by Gasteiger charge is -2.69. The average molecular weight is 482 g/mol. The van der Waals surface area contributed by atoms with Crippen molar-refractivity contribution in [2.75, 3.05) is 48.1 Å². The van der Waals surface area contributed by atoms with Gasteiger partial charge in [0.2, 0.25) is 0 Å². The number of ketones is 1. The molecule has 5 saturated carbocycles. The highest BCUT2D eigenvalue weighted by atomic mass is 16.5. The van der Waals surface area contributed by atoms with Crippen LogP contribution in [0.3, 0.4) is 0 Å². The van der Waals surface area contributed by atoms with E-state index in [1.165, 1.54) is 7.11 Å². The summed E-state index contributed by atoms with van der Waals surface area (Å²) in [5.74, 6) is -1.50. The second-order valence-corrected chi connectivity index (χ2v) is 11.8. The molecular weight excluding hydrogens is 442 g/mol. The maximum Gasteiger partial charge on any atom is 0.168 e. The predicted octanol–water partition coefficient (Wildman–Crippen LogP) is -0.694. The number of Topliss-reactive ketones (excluding diaryl/α,β-unsaturated/α-hetero) is 1. The first kappa shape index (κ1) is 23.7. The van der Waals surface area contributed by atoms with E-state index in [4.69, 9.17) is 18.9 Å². The van der Waals surface area contributed by atoms with Gasteiger partial charge in [0.25, 0.3) is 0 Å². The van der Waals surface area contributed by atoms with Gasteiger partial charge in [0.15, 0.2) is 5.78 Å². The van der Waals surface area contributed by atoms with Gasteiger partial charge in [-0.25, -0.2) is 0 Å². The predicted molar refractivity (Wildman–Crippen MR) is 119 cm³/mol. The van der Waals surface area contributed by atoms with Gasteiger partial charge in [-0.05, 0) is 18.9 Å². The van der Waals surface area contributed by atoms with E-state index < -0.39 is 46.6 Å². The number of rotatable bonds is 6. The summed E-state index contributed by atoms with van der Waals surface area (Å²) in [5, 5.41) is 34.9. The highest BCUT2D eigenvalue weighted by Gasteiger charge is 2.87. The summed E-state index contributed by atoms with van der Waals surface area (Å²) < 4.78 is 23.8. The van der Waals surface area contributed by atoms with E-state index in [0.29, 0.717) is 19.6 Å². The third kappa shape index (κ3) is 2.25. The minimum absolute atomic E-state index is 0.0183. The van der Waals surface area contributed by atoms with Crippen LogP contribution in [0.5, 0.6) is 0 Å². The molecule has 34 heavy (non-hydrogen) atoms. The molecule has 9 heteroatoms. The molecule has 5 aliphatic carbocycles. The number of hydrogen-bond acceptors (Lipinski definition) is 9. The third-order valence-electron chi connectivity index (χ3n) is 11.3. The van der Waals surface area contributed by atoms with Gasteiger partial charge < -0.3 is 34.3 Å². The quantitative estimate of drug-likeness (QED) is 0.453. The molecule has 1 saturated heterocycles. The lowest BCUT2D eigenvalue weighted by atomic mass is 9.43. The molecule has 0 radical (unpaired) electrons. The molecule has 9 nitrogen and oxygen atoms in total. The van der Waals surface area contributed by atoms with Gasteiger partial charge in [-0.2, -0.15) is 0 Å². The zero-order valence-electron chi connectivity index (χ0n) is 20.7. The van der Waals surface area contributed by atoms with Gasteiger partial charge in [-0.15, -0.1) is 0 Å². The monoisotopic (exact) mass is 481 g/mol. The van der Waals surface area contributed by atoms with Crippen LogP contribution in [0.2, 0.25) is 0 Å². The van der Waals surface area contributed by atoms with E-state index in [0.717, 1.165) is 6.54 Å². The largest absolute Gasteiger partial charge is 0.392 e. The number of piperidine rings is 1. The maximum absolute atomic E-state index is 13.9. The SMILES string of the molecule is CCN1C[C@]2(COC)[C@H](O)C[C@H](OC)[C@@]34C1[C@@H](C1C(=O)[C@H](OC)[C@@]5(O)C[C@@H]3[C@@H]1[C@H]5O)[C@H](OC)[C@H]24. The van der Waals surface area contributed by atoms with Gasteiger partial charge in [0.05, 0.1) is 31.0 Å². The van der Waals surface area contributed by atoms with Crippen molar-refractivity contribution in [3.63, 3.8) is 0 Å². The number of aliphatic hydroxyl groups excluding tert-OH is 2. The van der Waals surface area contributed by atoms with Crippen molar-refractivity contribution in [1.82, 2.24) is 4.90 Å². The van der Waals surface area contributed by atoms with E-state index >= 15 is 0 Å². The topological polar surface area (TPSA) is 118 Å². The van der Waals surface area contributed by atoms with Gasteiger partial charge in [0.1, 0.15) is 11.7 Å². The van der Waals surface area contributed by atoms with Gasteiger partial charge in [0, 0.05) is 81.9 Å². The summed E-state index contributed by atoms with van der Waals surface area (Å²) in [6.07, 6.45) is -2.65. The number of nitrogens with zero attached hydrogens (tertiary/aromatic N) is 1. The second kappa shape index (κ2) is 7.44. The lowest BCUT2D eigenvalue weighted by molar-refractivity contribution is -0.280. The van der Waals surface area contributed by atoms with Crippen molar-refractivity contribution in [2.24, 2.45) is 40.4 Å². The van der Waals surface area contributed by atoms with Crippen molar-refractivity contribution in [3.8, 4) is 0 Å². The molecule has 1 spiro atoms. The summed E-state index contributed by atoms with van der Waals surface area (Å²) in [5.41, 5.74) is -2.72. The Morgan fingerprint density at radius 3 is 2.41 bits per heavy atom. The van der Waals surface area contributed by atoms with Crippen LogP contribution in [0.15, 0.2) is 0 Å². The van der Waals surface area contributed by atoms with E-state index in [-0.39, 0.29) is 48.2 Å². The molecule has 0 aromatic rings. The minimum Gasteiger partial charge on any atom is -0.392 e. The van der Waals surface area contributed by atoms with Crippen molar-refractivity contribution in [1.29, 1.82) is 0 Å².